The van der Waals surface area contributed by atoms with Crippen LogP contribution in [-0.4, -0.2) is 5.78 Å². The summed E-state index contributed by atoms with van der Waals surface area (Å²) in [5.74, 6) is 0.170. The zero-order chi connectivity index (χ0) is 11.0. The predicted octanol–water partition coefficient (Wildman–Crippen LogP) is 3.24. The summed E-state index contributed by atoms with van der Waals surface area (Å²) in [7, 11) is 0. The first-order chi connectivity index (χ1) is 7.86. The fourth-order valence-corrected chi connectivity index (χ4v) is 2.29. The van der Waals surface area contributed by atoms with E-state index in [4.69, 9.17) is 0 Å². The summed E-state index contributed by atoms with van der Waals surface area (Å²) < 4.78 is 0. The molecule has 1 nitrogen and oxygen atoms in total. The van der Waals surface area contributed by atoms with Crippen molar-refractivity contribution in [1.82, 2.24) is 0 Å². The molecule has 0 aromatic heterocycles. The molecule has 3 rings (SSSR count). The topological polar surface area (TPSA) is 17.1 Å². The third-order valence-corrected chi connectivity index (χ3v) is 3.16. The first-order valence-electron chi connectivity index (χ1n) is 5.55. The molecule has 0 saturated heterocycles. The molecule has 1 aromatic rings. The van der Waals surface area contributed by atoms with E-state index in [1.54, 1.807) is 0 Å². The first-order valence-corrected chi connectivity index (χ1v) is 5.55. The Kier molecular flexibility index (Phi) is 2.10. The van der Waals surface area contributed by atoms with Crippen molar-refractivity contribution in [3.63, 3.8) is 0 Å². The van der Waals surface area contributed by atoms with Crippen LogP contribution in [0.1, 0.15) is 22.3 Å². The number of fused-ring (bicyclic) bond motifs is 2. The van der Waals surface area contributed by atoms with Crippen molar-refractivity contribution < 1.29 is 4.79 Å². The summed E-state index contributed by atoms with van der Waals surface area (Å²) in [6.07, 6.45) is 9.92. The standard InChI is InChI=1S/C15H12O/c16-15-13-7-3-1-5-11(13)9-10-12-6-2-4-8-14(12)15/h1-5,7-8,10H,6,9H2. The highest BCUT2D eigenvalue weighted by molar-refractivity contribution is 6.13. The van der Waals surface area contributed by atoms with Gasteiger partial charge in [-0.3, -0.25) is 4.79 Å². The van der Waals surface area contributed by atoms with Crippen LogP contribution in [0.5, 0.6) is 0 Å². The Morgan fingerprint density at radius 2 is 1.94 bits per heavy atom. The highest BCUT2D eigenvalue weighted by Crippen LogP contribution is 2.28. The van der Waals surface area contributed by atoms with Gasteiger partial charge in [0.05, 0.1) is 0 Å². The molecule has 0 N–H and O–H groups in total. The number of hydrogen-bond acceptors (Lipinski definition) is 1. The molecule has 0 heterocycles. The van der Waals surface area contributed by atoms with Crippen LogP contribution in [-0.2, 0) is 6.42 Å². The van der Waals surface area contributed by atoms with Crippen molar-refractivity contribution in [2.45, 2.75) is 12.8 Å². The van der Waals surface area contributed by atoms with Crippen molar-refractivity contribution in [1.29, 1.82) is 0 Å². The molecule has 2 aliphatic carbocycles. The summed E-state index contributed by atoms with van der Waals surface area (Å²) in [5, 5.41) is 0. The average Bonchev–Trinajstić information content (AvgIpc) is 2.49. The number of Topliss-reactive ketones (excluding diaryl/α,β-unsaturated/α-hetero) is 1. The zero-order valence-corrected chi connectivity index (χ0v) is 8.94. The first kappa shape index (κ1) is 9.34. The van der Waals surface area contributed by atoms with Gasteiger partial charge in [-0.1, -0.05) is 48.6 Å². The molecule has 0 atom stereocenters. The summed E-state index contributed by atoms with van der Waals surface area (Å²) in [6.45, 7) is 0. The molecule has 0 radical (unpaired) electrons. The minimum absolute atomic E-state index is 0.170. The molecule has 1 heteroatoms. The molecule has 1 aromatic carbocycles. The van der Waals surface area contributed by atoms with Gasteiger partial charge < -0.3 is 0 Å². The van der Waals surface area contributed by atoms with E-state index in [1.165, 1.54) is 5.57 Å². The number of carbonyl (C=O) groups is 1. The smallest absolute Gasteiger partial charge is 0.193 e. The Morgan fingerprint density at radius 3 is 2.88 bits per heavy atom. The summed E-state index contributed by atoms with van der Waals surface area (Å²) in [5.41, 5.74) is 4.03. The maximum absolute atomic E-state index is 12.3. The van der Waals surface area contributed by atoms with Crippen LogP contribution in [0, 0.1) is 0 Å². The highest BCUT2D eigenvalue weighted by Gasteiger charge is 2.21. The SMILES string of the molecule is O=C1C2=CC=CCC2=CCc2ccccc21. The molecule has 0 fully saturated rings. The number of benzene rings is 1. The molecule has 0 aliphatic heterocycles. The van der Waals surface area contributed by atoms with E-state index in [9.17, 15) is 4.79 Å². The largest absolute Gasteiger partial charge is 0.289 e. The van der Waals surface area contributed by atoms with Gasteiger partial charge in [-0.25, -0.2) is 0 Å². The number of rotatable bonds is 0. The fraction of sp³-hybridized carbons (Fsp3) is 0.133. The lowest BCUT2D eigenvalue weighted by Crippen LogP contribution is -2.07. The van der Waals surface area contributed by atoms with Gasteiger partial charge >= 0.3 is 0 Å². The summed E-state index contributed by atoms with van der Waals surface area (Å²) in [6, 6.07) is 7.89. The quantitative estimate of drug-likeness (QED) is 0.639. The van der Waals surface area contributed by atoms with Gasteiger partial charge in [0, 0.05) is 11.1 Å². The molecule has 0 bridgehead atoms. The van der Waals surface area contributed by atoms with Crippen LogP contribution in [0.15, 0.2) is 59.7 Å². The normalized spacial score (nSPS) is 18.1. The Morgan fingerprint density at radius 1 is 1.06 bits per heavy atom. The Bertz CT molecular complexity index is 544. The fourth-order valence-electron chi connectivity index (χ4n) is 2.29. The van der Waals surface area contributed by atoms with Crippen LogP contribution < -0.4 is 0 Å². The molecule has 2 aliphatic rings. The molecule has 78 valence electrons. The monoisotopic (exact) mass is 208 g/mol. The van der Waals surface area contributed by atoms with E-state index >= 15 is 0 Å². The van der Waals surface area contributed by atoms with E-state index in [0.29, 0.717) is 0 Å². The van der Waals surface area contributed by atoms with E-state index in [-0.39, 0.29) is 5.78 Å². The van der Waals surface area contributed by atoms with Gasteiger partial charge in [0.1, 0.15) is 0 Å². The van der Waals surface area contributed by atoms with Crippen molar-refractivity contribution in [3.05, 3.63) is 70.8 Å². The lowest BCUT2D eigenvalue weighted by atomic mass is 9.93. The minimum Gasteiger partial charge on any atom is -0.289 e. The lowest BCUT2D eigenvalue weighted by molar-refractivity contribution is 0.103. The van der Waals surface area contributed by atoms with E-state index < -0.39 is 0 Å². The molecule has 0 amide bonds. The van der Waals surface area contributed by atoms with Crippen LogP contribution in [0.4, 0.5) is 0 Å². The van der Waals surface area contributed by atoms with Crippen LogP contribution in [0.3, 0.4) is 0 Å². The molecular formula is C15H12O. The second-order valence-corrected chi connectivity index (χ2v) is 4.13. The Balaban J connectivity index is 2.19. The summed E-state index contributed by atoms with van der Waals surface area (Å²) >= 11 is 0. The molecular weight excluding hydrogens is 196 g/mol. The minimum atomic E-state index is 0.170. The van der Waals surface area contributed by atoms with Gasteiger partial charge in [-0.05, 0) is 24.0 Å². The third kappa shape index (κ3) is 1.36. The number of allylic oxidation sites excluding steroid dienone is 6. The maximum atomic E-state index is 12.3. The Labute approximate surface area is 94.8 Å². The Hall–Kier alpha value is -1.89. The number of hydrogen-bond donors (Lipinski definition) is 0. The van der Waals surface area contributed by atoms with Crippen molar-refractivity contribution in [3.8, 4) is 0 Å². The number of carbonyl (C=O) groups excluding carboxylic acids is 1. The molecule has 16 heavy (non-hydrogen) atoms. The van der Waals surface area contributed by atoms with Gasteiger partial charge in [0.2, 0.25) is 0 Å². The van der Waals surface area contributed by atoms with Gasteiger partial charge in [-0.2, -0.15) is 0 Å². The number of ketones is 1. The molecule has 0 saturated carbocycles. The van der Waals surface area contributed by atoms with Crippen LogP contribution in [0.25, 0.3) is 0 Å². The van der Waals surface area contributed by atoms with Crippen molar-refractivity contribution in [2.24, 2.45) is 0 Å². The zero-order valence-electron chi connectivity index (χ0n) is 8.94. The van der Waals surface area contributed by atoms with Crippen LogP contribution >= 0.6 is 0 Å². The van der Waals surface area contributed by atoms with E-state index in [1.807, 2.05) is 36.4 Å². The highest BCUT2D eigenvalue weighted by atomic mass is 16.1. The van der Waals surface area contributed by atoms with Gasteiger partial charge in [0.15, 0.2) is 5.78 Å². The second-order valence-electron chi connectivity index (χ2n) is 4.13. The predicted molar refractivity (Wildman–Crippen MR) is 64.4 cm³/mol. The van der Waals surface area contributed by atoms with Gasteiger partial charge in [0.25, 0.3) is 0 Å². The van der Waals surface area contributed by atoms with E-state index in [2.05, 4.69) is 12.2 Å². The molecule has 0 spiro atoms. The van der Waals surface area contributed by atoms with Crippen molar-refractivity contribution >= 4 is 5.78 Å². The second kappa shape index (κ2) is 3.60. The van der Waals surface area contributed by atoms with Crippen molar-refractivity contribution in [2.75, 3.05) is 0 Å². The average molecular weight is 208 g/mol. The molecule has 0 unspecified atom stereocenters. The lowest BCUT2D eigenvalue weighted by Gasteiger charge is -2.10. The summed E-state index contributed by atoms with van der Waals surface area (Å²) in [4.78, 5) is 12.3. The van der Waals surface area contributed by atoms with E-state index in [0.717, 1.165) is 29.5 Å². The third-order valence-electron chi connectivity index (χ3n) is 3.16. The maximum Gasteiger partial charge on any atom is 0.193 e. The van der Waals surface area contributed by atoms with Gasteiger partial charge in [-0.15, -0.1) is 0 Å². The van der Waals surface area contributed by atoms with Crippen LogP contribution in [0.2, 0.25) is 0 Å².